The zero-order chi connectivity index (χ0) is 12.5. The highest BCUT2D eigenvalue weighted by molar-refractivity contribution is 9.10. The molecule has 1 heterocycles. The van der Waals surface area contributed by atoms with Crippen LogP contribution in [0.1, 0.15) is 12.6 Å². The van der Waals surface area contributed by atoms with Crippen LogP contribution in [0.2, 0.25) is 0 Å². The van der Waals surface area contributed by atoms with Gasteiger partial charge in [-0.25, -0.2) is 4.79 Å². The zero-order valence-corrected chi connectivity index (χ0v) is 12.1. The predicted molar refractivity (Wildman–Crippen MR) is 68.0 cm³/mol. The van der Waals surface area contributed by atoms with Crippen molar-refractivity contribution in [3.8, 4) is 0 Å². The molecular formula is C9H12Br2N2O3. The molecule has 0 aliphatic heterocycles. The maximum atomic E-state index is 11.8. The summed E-state index contributed by atoms with van der Waals surface area (Å²) in [6, 6.07) is 0. The average Bonchev–Trinajstić information content (AvgIpc) is 2.23. The van der Waals surface area contributed by atoms with E-state index >= 15 is 0 Å². The van der Waals surface area contributed by atoms with Gasteiger partial charge in [0.15, 0.2) is 0 Å². The van der Waals surface area contributed by atoms with E-state index in [9.17, 15) is 14.7 Å². The van der Waals surface area contributed by atoms with Crippen molar-refractivity contribution in [3.05, 3.63) is 31.0 Å². The third-order valence-electron chi connectivity index (χ3n) is 2.16. The van der Waals surface area contributed by atoms with Crippen LogP contribution in [0.15, 0.2) is 14.1 Å². The number of nitrogens with zero attached hydrogens (tertiary/aromatic N) is 2. The van der Waals surface area contributed by atoms with Crippen LogP contribution < -0.4 is 11.2 Å². The normalized spacial score (nSPS) is 12.8. The monoisotopic (exact) mass is 354 g/mol. The van der Waals surface area contributed by atoms with E-state index in [0.29, 0.717) is 15.5 Å². The van der Waals surface area contributed by atoms with Gasteiger partial charge < -0.3 is 5.11 Å². The molecule has 16 heavy (non-hydrogen) atoms. The van der Waals surface area contributed by atoms with Gasteiger partial charge in [-0.15, -0.1) is 0 Å². The second kappa shape index (κ2) is 5.29. The molecule has 1 atom stereocenters. The number of halogens is 2. The maximum absolute atomic E-state index is 11.8. The zero-order valence-electron chi connectivity index (χ0n) is 8.91. The molecule has 0 radical (unpaired) electrons. The van der Waals surface area contributed by atoms with Crippen LogP contribution in [0, 0.1) is 0 Å². The van der Waals surface area contributed by atoms with Gasteiger partial charge in [0.25, 0.3) is 5.56 Å². The first-order valence-corrected chi connectivity index (χ1v) is 6.53. The molecule has 1 N–H and O–H groups in total. The van der Waals surface area contributed by atoms with Gasteiger partial charge in [0.05, 0.1) is 18.3 Å². The topological polar surface area (TPSA) is 64.2 Å². The van der Waals surface area contributed by atoms with Crippen LogP contribution in [0.3, 0.4) is 0 Å². The second-order valence-corrected chi connectivity index (χ2v) is 4.85. The Morgan fingerprint density at radius 2 is 2.00 bits per heavy atom. The number of aromatic nitrogens is 2. The Balaban J connectivity index is 3.58. The van der Waals surface area contributed by atoms with Crippen molar-refractivity contribution in [2.75, 3.05) is 0 Å². The summed E-state index contributed by atoms with van der Waals surface area (Å²) in [5.74, 6) is 0. The van der Waals surface area contributed by atoms with Crippen LogP contribution >= 0.6 is 31.9 Å². The quantitative estimate of drug-likeness (QED) is 0.807. The molecule has 1 aromatic rings. The molecule has 0 fully saturated rings. The molecule has 0 spiro atoms. The highest BCUT2D eigenvalue weighted by atomic mass is 79.9. The van der Waals surface area contributed by atoms with Gasteiger partial charge in [0.1, 0.15) is 4.47 Å². The summed E-state index contributed by atoms with van der Waals surface area (Å²) in [5, 5.41) is 9.69. The summed E-state index contributed by atoms with van der Waals surface area (Å²) in [5.41, 5.74) is -0.265. The number of alkyl halides is 1. The molecule has 1 unspecified atom stereocenters. The van der Waals surface area contributed by atoms with Crippen molar-refractivity contribution >= 4 is 31.9 Å². The van der Waals surface area contributed by atoms with Gasteiger partial charge >= 0.3 is 5.69 Å². The van der Waals surface area contributed by atoms with E-state index in [1.807, 2.05) is 0 Å². The highest BCUT2D eigenvalue weighted by Crippen LogP contribution is 2.13. The summed E-state index contributed by atoms with van der Waals surface area (Å²) in [6.45, 7) is 1.75. The molecule has 0 saturated carbocycles. The second-order valence-electron chi connectivity index (χ2n) is 3.50. The van der Waals surface area contributed by atoms with Gasteiger partial charge in [0, 0.05) is 12.4 Å². The van der Waals surface area contributed by atoms with E-state index < -0.39 is 11.8 Å². The minimum atomic E-state index is -0.653. The van der Waals surface area contributed by atoms with E-state index in [2.05, 4.69) is 31.9 Å². The van der Waals surface area contributed by atoms with Crippen molar-refractivity contribution < 1.29 is 5.11 Å². The Labute approximate surface area is 109 Å². The molecule has 0 aromatic carbocycles. The van der Waals surface area contributed by atoms with Gasteiger partial charge in [0.2, 0.25) is 0 Å². The first-order valence-electron chi connectivity index (χ1n) is 4.62. The number of aliphatic hydroxyl groups is 1. The number of hydrogen-bond acceptors (Lipinski definition) is 3. The van der Waals surface area contributed by atoms with Crippen molar-refractivity contribution in [3.63, 3.8) is 0 Å². The van der Waals surface area contributed by atoms with Gasteiger partial charge in [-0.3, -0.25) is 13.9 Å². The van der Waals surface area contributed by atoms with E-state index in [-0.39, 0.29) is 12.1 Å². The Morgan fingerprint density at radius 3 is 2.44 bits per heavy atom. The summed E-state index contributed by atoms with van der Waals surface area (Å²) >= 11 is 6.38. The van der Waals surface area contributed by atoms with E-state index in [0.717, 1.165) is 4.57 Å². The molecule has 7 heteroatoms. The van der Waals surface area contributed by atoms with Gasteiger partial charge in [-0.2, -0.15) is 0 Å². The molecule has 0 aliphatic carbocycles. The molecule has 0 amide bonds. The summed E-state index contributed by atoms with van der Waals surface area (Å²) < 4.78 is 2.73. The fourth-order valence-corrected chi connectivity index (χ4v) is 2.94. The van der Waals surface area contributed by atoms with Gasteiger partial charge in [-0.05, 0) is 22.9 Å². The SMILES string of the molecule is CC(O)Cn1c(CBr)c(Br)c(=O)n(C)c1=O. The summed E-state index contributed by atoms with van der Waals surface area (Å²) in [6.07, 6.45) is -0.653. The molecule has 90 valence electrons. The third kappa shape index (κ3) is 2.46. The number of rotatable bonds is 3. The molecule has 0 aliphatic rings. The van der Waals surface area contributed by atoms with E-state index in [4.69, 9.17) is 0 Å². The van der Waals surface area contributed by atoms with Crippen LogP contribution in [0.5, 0.6) is 0 Å². The highest BCUT2D eigenvalue weighted by Gasteiger charge is 2.15. The van der Waals surface area contributed by atoms with E-state index in [1.165, 1.54) is 11.6 Å². The molecule has 1 rings (SSSR count). The standard InChI is InChI=1S/C9H12Br2N2O3/c1-5(14)4-13-6(3-10)7(11)8(15)12(2)9(13)16/h5,14H,3-4H2,1-2H3. The molecule has 0 saturated heterocycles. The van der Waals surface area contributed by atoms with Gasteiger partial charge in [-0.1, -0.05) is 15.9 Å². The Morgan fingerprint density at radius 1 is 1.44 bits per heavy atom. The third-order valence-corrected chi connectivity index (χ3v) is 3.49. The first-order chi connectivity index (χ1) is 7.40. The Bertz CT molecular complexity index is 505. The summed E-state index contributed by atoms with van der Waals surface area (Å²) in [7, 11) is 1.41. The number of aliphatic hydroxyl groups excluding tert-OH is 1. The van der Waals surface area contributed by atoms with Crippen molar-refractivity contribution in [1.29, 1.82) is 0 Å². The fraction of sp³-hybridized carbons (Fsp3) is 0.556. The van der Waals surface area contributed by atoms with E-state index in [1.54, 1.807) is 6.92 Å². The smallest absolute Gasteiger partial charge is 0.331 e. The van der Waals surface area contributed by atoms with Crippen LogP contribution in [-0.4, -0.2) is 20.3 Å². The molecule has 5 nitrogen and oxygen atoms in total. The lowest BCUT2D eigenvalue weighted by molar-refractivity contribution is 0.169. The largest absolute Gasteiger partial charge is 0.392 e. The fourth-order valence-electron chi connectivity index (χ4n) is 1.36. The lowest BCUT2D eigenvalue weighted by Gasteiger charge is -2.15. The molecule has 1 aromatic heterocycles. The Hall–Kier alpha value is -0.400. The molecule has 0 bridgehead atoms. The van der Waals surface area contributed by atoms with Crippen LogP contribution in [0.4, 0.5) is 0 Å². The number of hydrogen-bond donors (Lipinski definition) is 1. The Kier molecular flexibility index (Phi) is 4.52. The molecular weight excluding hydrogens is 344 g/mol. The van der Waals surface area contributed by atoms with Crippen molar-refractivity contribution in [2.24, 2.45) is 7.05 Å². The average molecular weight is 356 g/mol. The minimum Gasteiger partial charge on any atom is -0.392 e. The van der Waals surface area contributed by atoms with Crippen molar-refractivity contribution in [1.82, 2.24) is 9.13 Å². The minimum absolute atomic E-state index is 0.159. The van der Waals surface area contributed by atoms with Crippen molar-refractivity contribution in [2.45, 2.75) is 24.9 Å². The predicted octanol–water partition coefficient (Wildman–Crippen LogP) is 0.585. The maximum Gasteiger partial charge on any atom is 0.331 e. The van der Waals surface area contributed by atoms with Crippen LogP contribution in [-0.2, 0) is 18.9 Å². The summed E-state index contributed by atoms with van der Waals surface area (Å²) in [4.78, 5) is 23.5. The lowest BCUT2D eigenvalue weighted by atomic mass is 10.3. The first kappa shape index (κ1) is 13.7. The van der Waals surface area contributed by atoms with Crippen LogP contribution in [0.25, 0.3) is 0 Å². The lowest BCUT2D eigenvalue weighted by Crippen LogP contribution is -2.41.